The average molecular weight is 793 g/mol. The topological polar surface area (TPSA) is 171 Å². The zero-order chi connectivity index (χ0) is 26.8. The molecular formula is C24H14N6O4RuS2Y2-2. The van der Waals surface area contributed by atoms with Gasteiger partial charge in [-0.25, -0.2) is 9.59 Å². The van der Waals surface area contributed by atoms with Gasteiger partial charge in [-0.05, 0) is 24.3 Å². The van der Waals surface area contributed by atoms with Crippen LogP contribution in [0.1, 0.15) is 20.7 Å². The van der Waals surface area contributed by atoms with Gasteiger partial charge < -0.3 is 31.0 Å². The van der Waals surface area contributed by atoms with E-state index in [2.05, 4.69) is 56.5 Å². The van der Waals surface area contributed by atoms with Crippen LogP contribution < -0.4 is 0 Å². The Morgan fingerprint density at radius 1 is 0.692 bits per heavy atom. The monoisotopic (exact) mass is 794 g/mol. The zero-order valence-corrected chi connectivity index (χ0v) is 28.7. The number of pyridine rings is 4. The summed E-state index contributed by atoms with van der Waals surface area (Å²) in [7, 11) is 0. The standard InChI is InChI=1S/C12H8N2O4.C10H6N2.2CNS.Ru.2Y/c15-11(16)7-1-3-13-9(5-7)10-6-8(12(17)18)2-4-14-10;1-3-7-11-9(5-1)10-6-2-4-8-12-10;2*2-1-3;;;/h1-6H,(H,15,16)(H,17,18);3-8H;;;;;/q;-2;2*-1;+2;;. The first-order chi connectivity index (χ1) is 17.4. The van der Waals surface area contributed by atoms with E-state index in [-0.39, 0.29) is 96.0 Å². The Kier molecular flexibility index (Phi) is 26.5. The van der Waals surface area contributed by atoms with Gasteiger partial charge in [0.1, 0.15) is 0 Å². The van der Waals surface area contributed by atoms with E-state index in [1.54, 1.807) is 36.7 Å². The number of rotatable bonds is 4. The number of carboxylic acids is 2. The summed E-state index contributed by atoms with van der Waals surface area (Å²) in [6, 6.07) is 18.4. The molecular weight excluding hydrogens is 779 g/mol. The van der Waals surface area contributed by atoms with Crippen molar-refractivity contribution in [3.63, 3.8) is 0 Å². The number of aromatic nitrogens is 4. The number of aromatic carboxylic acids is 2. The van der Waals surface area contributed by atoms with E-state index in [4.69, 9.17) is 21.0 Å². The maximum Gasteiger partial charge on any atom is 2.00 e. The molecule has 0 aliphatic rings. The smallest absolute Gasteiger partial charge is 0.753 e. The molecule has 0 fully saturated rings. The molecule has 15 heteroatoms. The van der Waals surface area contributed by atoms with Crippen LogP contribution in [0.2, 0.25) is 0 Å². The SMILES string of the molecule is O=C(O)c1ccnc(-c2cc(C(=O)O)ccn2)c1.[N-]=C=S.[N-]=C=S.[Ru+2].[Y].[Y].[c-]1ccnc(-c2c[c-]ccn2)c1. The third-order valence-electron chi connectivity index (χ3n) is 3.75. The van der Waals surface area contributed by atoms with Crippen LogP contribution in [0.15, 0.2) is 73.3 Å². The van der Waals surface area contributed by atoms with Gasteiger partial charge in [-0.1, -0.05) is 48.2 Å². The molecule has 0 aliphatic carbocycles. The van der Waals surface area contributed by atoms with Crippen LogP contribution >= 0.6 is 24.4 Å². The van der Waals surface area contributed by atoms with E-state index < -0.39 is 11.9 Å². The van der Waals surface area contributed by atoms with Gasteiger partial charge in [0.25, 0.3) is 0 Å². The molecule has 10 nitrogen and oxygen atoms in total. The molecule has 4 rings (SSSR count). The Balaban J connectivity index is -0.000000539. The molecule has 0 spiro atoms. The number of thiocarbonyl (C=S) groups is 2. The largest absolute Gasteiger partial charge is 2.00 e. The van der Waals surface area contributed by atoms with Crippen molar-refractivity contribution in [2.24, 2.45) is 0 Å². The number of carboxylic acid groups (broad SMARTS) is 2. The summed E-state index contributed by atoms with van der Waals surface area (Å²) >= 11 is 7.40. The Morgan fingerprint density at radius 2 is 1.00 bits per heavy atom. The summed E-state index contributed by atoms with van der Waals surface area (Å²) < 4.78 is 0. The summed E-state index contributed by atoms with van der Waals surface area (Å²) in [5.74, 6) is -2.15. The number of hydrogen-bond acceptors (Lipinski definition) is 8. The quantitative estimate of drug-likeness (QED) is 0.129. The van der Waals surface area contributed by atoms with Gasteiger partial charge >= 0.3 is 31.4 Å². The summed E-state index contributed by atoms with van der Waals surface area (Å²) in [4.78, 5) is 37.9. The molecule has 0 saturated carbocycles. The second kappa shape index (κ2) is 25.0. The zero-order valence-electron chi connectivity index (χ0n) is 19.6. The van der Waals surface area contributed by atoms with Crippen molar-refractivity contribution < 1.29 is 105 Å². The summed E-state index contributed by atoms with van der Waals surface area (Å²) in [5, 5.41) is 34.6. The van der Waals surface area contributed by atoms with Crippen molar-refractivity contribution in [3.05, 3.63) is 107 Å². The molecule has 0 bridgehead atoms. The Bertz CT molecular complexity index is 1260. The predicted molar refractivity (Wildman–Crippen MR) is 138 cm³/mol. The first kappa shape index (κ1) is 41.5. The molecule has 39 heavy (non-hydrogen) atoms. The first-order valence-electron chi connectivity index (χ1n) is 9.44. The van der Waals surface area contributed by atoms with E-state index in [9.17, 15) is 9.59 Å². The molecule has 0 saturated heterocycles. The van der Waals surface area contributed by atoms with Crippen LogP contribution in [0.5, 0.6) is 0 Å². The molecule has 0 unspecified atom stereocenters. The van der Waals surface area contributed by atoms with Crippen molar-refractivity contribution in [1.82, 2.24) is 19.9 Å². The van der Waals surface area contributed by atoms with Gasteiger partial charge in [0.15, 0.2) is 0 Å². The van der Waals surface area contributed by atoms with Gasteiger partial charge in [0, 0.05) is 77.8 Å². The number of nitrogens with zero attached hydrogens (tertiary/aromatic N) is 6. The molecule has 2 radical (unpaired) electrons. The molecule has 0 atom stereocenters. The molecule has 0 aliphatic heterocycles. The van der Waals surface area contributed by atoms with E-state index in [1.165, 1.54) is 47.0 Å². The number of carbonyl (C=O) groups is 2. The van der Waals surface area contributed by atoms with Crippen LogP contribution in [0.3, 0.4) is 0 Å². The number of hydrogen-bond donors (Lipinski definition) is 2. The van der Waals surface area contributed by atoms with Gasteiger partial charge in [0.05, 0.1) is 22.5 Å². The Labute approximate surface area is 298 Å². The van der Waals surface area contributed by atoms with Gasteiger partial charge in [-0.3, -0.25) is 9.97 Å². The third kappa shape index (κ3) is 16.6. The van der Waals surface area contributed by atoms with Gasteiger partial charge in [0.2, 0.25) is 0 Å². The van der Waals surface area contributed by atoms with Crippen molar-refractivity contribution >= 4 is 46.7 Å². The van der Waals surface area contributed by atoms with Gasteiger partial charge in [-0.2, -0.15) is 46.7 Å². The Hall–Kier alpha value is -2.03. The molecule has 4 aromatic heterocycles. The normalized spacial score (nSPS) is 8.00. The fourth-order valence-corrected chi connectivity index (χ4v) is 2.34. The minimum absolute atomic E-state index is 0. The van der Waals surface area contributed by atoms with Crippen molar-refractivity contribution in [3.8, 4) is 22.8 Å². The van der Waals surface area contributed by atoms with Crippen LogP contribution in [0, 0.1) is 12.1 Å². The summed E-state index contributed by atoms with van der Waals surface area (Å²) in [5.41, 5.74) is 2.43. The van der Waals surface area contributed by atoms with Crippen molar-refractivity contribution in [2.45, 2.75) is 0 Å². The molecule has 4 aromatic rings. The maximum absolute atomic E-state index is 10.8. The third-order valence-corrected chi connectivity index (χ3v) is 3.75. The second-order valence-corrected chi connectivity index (χ2v) is 6.30. The van der Waals surface area contributed by atoms with Crippen LogP contribution in [0.4, 0.5) is 0 Å². The molecule has 192 valence electrons. The van der Waals surface area contributed by atoms with E-state index in [0.717, 1.165) is 11.4 Å². The maximum atomic E-state index is 10.8. The van der Waals surface area contributed by atoms with Crippen LogP contribution in [0.25, 0.3) is 33.6 Å². The minimum atomic E-state index is -1.08. The first-order valence-corrected chi connectivity index (χ1v) is 10.3. The van der Waals surface area contributed by atoms with E-state index in [1.807, 2.05) is 0 Å². The van der Waals surface area contributed by atoms with Crippen molar-refractivity contribution in [1.29, 1.82) is 0 Å². The second-order valence-electron chi connectivity index (χ2n) is 5.93. The van der Waals surface area contributed by atoms with Gasteiger partial charge in [-0.15, -0.1) is 0 Å². The van der Waals surface area contributed by atoms with E-state index >= 15 is 0 Å². The fraction of sp³-hybridized carbons (Fsp3) is 0. The Morgan fingerprint density at radius 3 is 1.26 bits per heavy atom. The summed E-state index contributed by atoms with van der Waals surface area (Å²) in [6.45, 7) is 0. The molecule has 2 N–H and O–H groups in total. The van der Waals surface area contributed by atoms with Crippen molar-refractivity contribution in [2.75, 3.05) is 0 Å². The number of isothiocyanates is 2. The minimum Gasteiger partial charge on any atom is -0.753 e. The summed E-state index contributed by atoms with van der Waals surface area (Å²) in [6.07, 6.45) is 6.08. The predicted octanol–water partition coefficient (Wildman–Crippen LogP) is 4.59. The molecule has 0 aromatic carbocycles. The molecule has 4 heterocycles. The van der Waals surface area contributed by atoms with Crippen LogP contribution in [-0.4, -0.2) is 52.4 Å². The van der Waals surface area contributed by atoms with Crippen LogP contribution in [-0.2, 0) is 84.9 Å². The average Bonchev–Trinajstić information content (AvgIpc) is 2.91. The fourth-order valence-electron chi connectivity index (χ4n) is 2.34. The van der Waals surface area contributed by atoms with E-state index in [0.29, 0.717) is 11.4 Å². The molecule has 0 amide bonds.